The first-order chi connectivity index (χ1) is 17.9. The standard InChI is InChI=1S/C25H23Cl2FN6O3S/c1-13(23-18(26)8-32-9-19(23)27)37-22-4-17(21(30)5-20(22)28)24(31)16-3-15(6-29)25(33-7-16)34-10-14(11-34)12-38(2,35)36/h3-5,7-9,13-14,31H,10-12,30H2,1-2H3/t13-/m1/s1. The highest BCUT2D eigenvalue weighted by atomic mass is 35.5. The van der Waals surface area contributed by atoms with Gasteiger partial charge in [-0.05, 0) is 19.1 Å². The number of nitrogens with two attached hydrogens (primary N) is 1. The molecule has 1 fully saturated rings. The van der Waals surface area contributed by atoms with Crippen molar-refractivity contribution in [3.8, 4) is 11.8 Å². The van der Waals surface area contributed by atoms with Crippen LogP contribution >= 0.6 is 23.2 Å². The Balaban J connectivity index is 1.58. The van der Waals surface area contributed by atoms with Crippen molar-refractivity contribution in [3.05, 3.63) is 74.9 Å². The van der Waals surface area contributed by atoms with Gasteiger partial charge in [0.1, 0.15) is 27.8 Å². The normalized spacial score (nSPS) is 14.5. The highest BCUT2D eigenvalue weighted by Crippen LogP contribution is 2.35. The number of aromatic nitrogens is 2. The van der Waals surface area contributed by atoms with Crippen molar-refractivity contribution in [1.82, 2.24) is 9.97 Å². The van der Waals surface area contributed by atoms with E-state index in [1.807, 2.05) is 4.90 Å². The third-order valence-electron chi connectivity index (χ3n) is 6.04. The Bertz CT molecular complexity index is 1550. The summed E-state index contributed by atoms with van der Waals surface area (Å²) in [4.78, 5) is 10.1. The lowest BCUT2D eigenvalue weighted by molar-refractivity contribution is 0.216. The number of hydrogen-bond donors (Lipinski definition) is 2. The van der Waals surface area contributed by atoms with Crippen molar-refractivity contribution in [2.24, 2.45) is 5.92 Å². The van der Waals surface area contributed by atoms with Gasteiger partial charge in [-0.2, -0.15) is 5.26 Å². The smallest absolute Gasteiger partial charge is 0.167 e. The van der Waals surface area contributed by atoms with Crippen LogP contribution in [0.15, 0.2) is 36.8 Å². The number of anilines is 2. The monoisotopic (exact) mass is 576 g/mol. The van der Waals surface area contributed by atoms with Gasteiger partial charge >= 0.3 is 0 Å². The average molecular weight is 577 g/mol. The van der Waals surface area contributed by atoms with E-state index in [1.165, 1.54) is 37.0 Å². The fourth-order valence-corrected chi connectivity index (χ4v) is 6.03. The predicted octanol–water partition coefficient (Wildman–Crippen LogP) is 4.41. The number of nitriles is 1. The maximum atomic E-state index is 14.8. The number of nitrogen functional groups attached to an aromatic ring is 1. The lowest BCUT2D eigenvalue weighted by atomic mass is 9.98. The van der Waals surface area contributed by atoms with Gasteiger partial charge in [0.2, 0.25) is 0 Å². The van der Waals surface area contributed by atoms with Crippen molar-refractivity contribution in [2.75, 3.05) is 35.7 Å². The summed E-state index contributed by atoms with van der Waals surface area (Å²) >= 11 is 12.4. The van der Waals surface area contributed by atoms with Crippen LogP contribution in [0.25, 0.3) is 0 Å². The second-order valence-corrected chi connectivity index (χ2v) is 12.1. The number of pyridine rings is 2. The first kappa shape index (κ1) is 27.6. The van der Waals surface area contributed by atoms with E-state index in [1.54, 1.807) is 6.92 Å². The first-order valence-electron chi connectivity index (χ1n) is 11.3. The van der Waals surface area contributed by atoms with Crippen molar-refractivity contribution < 1.29 is 17.5 Å². The van der Waals surface area contributed by atoms with E-state index in [2.05, 4.69) is 16.0 Å². The SMILES string of the molecule is C[C@@H](Oc1cc(C(=N)c2cnc(N3CC(CS(C)(=O)=O)C3)c(C#N)c2)c(N)cc1F)c1c(Cl)cncc1Cl. The van der Waals surface area contributed by atoms with Crippen LogP contribution in [-0.2, 0) is 9.84 Å². The highest BCUT2D eigenvalue weighted by Gasteiger charge is 2.32. The molecule has 3 heterocycles. The molecule has 198 valence electrons. The van der Waals surface area contributed by atoms with Crippen LogP contribution in [0.3, 0.4) is 0 Å². The van der Waals surface area contributed by atoms with Crippen LogP contribution in [0.4, 0.5) is 15.9 Å². The molecule has 0 spiro atoms. The van der Waals surface area contributed by atoms with Crippen molar-refractivity contribution in [2.45, 2.75) is 13.0 Å². The van der Waals surface area contributed by atoms with Gasteiger partial charge in [0, 0.05) is 72.3 Å². The second kappa shape index (κ2) is 10.7. The fraction of sp³-hybridized carbons (Fsp3) is 0.280. The van der Waals surface area contributed by atoms with Crippen LogP contribution in [0.2, 0.25) is 10.0 Å². The fourth-order valence-electron chi connectivity index (χ4n) is 4.30. The van der Waals surface area contributed by atoms with Gasteiger partial charge in [-0.25, -0.2) is 17.8 Å². The Morgan fingerprint density at radius 3 is 2.55 bits per heavy atom. The Morgan fingerprint density at radius 2 is 1.95 bits per heavy atom. The Hall–Kier alpha value is -3.46. The summed E-state index contributed by atoms with van der Waals surface area (Å²) in [6, 6.07) is 5.93. The quantitative estimate of drug-likeness (QED) is 0.296. The molecule has 0 radical (unpaired) electrons. The molecule has 9 nitrogen and oxygen atoms in total. The van der Waals surface area contributed by atoms with Gasteiger partial charge in [-0.15, -0.1) is 0 Å². The van der Waals surface area contributed by atoms with Crippen molar-refractivity contribution in [3.63, 3.8) is 0 Å². The molecule has 1 aliphatic rings. The molecule has 0 unspecified atom stereocenters. The summed E-state index contributed by atoms with van der Waals surface area (Å²) in [7, 11) is -3.10. The lowest BCUT2D eigenvalue weighted by Gasteiger charge is -2.40. The number of sulfone groups is 1. The Kier molecular flexibility index (Phi) is 7.78. The molecule has 1 aromatic carbocycles. The zero-order valence-electron chi connectivity index (χ0n) is 20.4. The molecule has 1 atom stereocenters. The average Bonchev–Trinajstić information content (AvgIpc) is 2.81. The van der Waals surface area contributed by atoms with Gasteiger partial charge in [0.05, 0.1) is 27.1 Å². The molecule has 38 heavy (non-hydrogen) atoms. The zero-order valence-corrected chi connectivity index (χ0v) is 22.7. The van der Waals surface area contributed by atoms with E-state index >= 15 is 0 Å². The topological polar surface area (TPSA) is 146 Å². The number of nitrogens with one attached hydrogen (secondary N) is 1. The van der Waals surface area contributed by atoms with Crippen LogP contribution < -0.4 is 15.4 Å². The molecule has 1 aliphatic heterocycles. The van der Waals surface area contributed by atoms with Gasteiger partial charge in [-0.3, -0.25) is 10.4 Å². The van der Waals surface area contributed by atoms with E-state index < -0.39 is 21.8 Å². The van der Waals surface area contributed by atoms with Gasteiger partial charge < -0.3 is 15.4 Å². The summed E-state index contributed by atoms with van der Waals surface area (Å²) in [5.74, 6) is -0.462. The summed E-state index contributed by atoms with van der Waals surface area (Å²) < 4.78 is 43.6. The summed E-state index contributed by atoms with van der Waals surface area (Å²) in [6.07, 6.45) is 4.67. The van der Waals surface area contributed by atoms with E-state index in [0.29, 0.717) is 24.5 Å². The molecule has 4 rings (SSSR count). The maximum Gasteiger partial charge on any atom is 0.167 e. The molecule has 0 saturated carbocycles. The molecule has 0 bridgehead atoms. The van der Waals surface area contributed by atoms with Gasteiger partial charge in [0.15, 0.2) is 11.6 Å². The third-order valence-corrected chi connectivity index (χ3v) is 7.72. The minimum absolute atomic E-state index is 0.00132. The Labute approximate surface area is 229 Å². The number of rotatable bonds is 8. The molecular formula is C25H23Cl2FN6O3S. The molecular weight excluding hydrogens is 554 g/mol. The van der Waals surface area contributed by atoms with Crippen LogP contribution in [0.5, 0.6) is 5.75 Å². The Morgan fingerprint density at radius 1 is 1.29 bits per heavy atom. The molecule has 1 saturated heterocycles. The number of ether oxygens (including phenoxy) is 1. The third kappa shape index (κ3) is 5.83. The molecule has 3 N–H and O–H groups in total. The summed E-state index contributed by atoms with van der Waals surface area (Å²) in [5.41, 5.74) is 7.06. The summed E-state index contributed by atoms with van der Waals surface area (Å²) in [6.45, 7) is 2.56. The molecule has 13 heteroatoms. The minimum atomic E-state index is -3.10. The van der Waals surface area contributed by atoms with Gasteiger partial charge in [-0.1, -0.05) is 23.2 Å². The summed E-state index contributed by atoms with van der Waals surface area (Å²) in [5, 5.41) is 18.9. The van der Waals surface area contributed by atoms with Crippen molar-refractivity contribution >= 4 is 50.3 Å². The largest absolute Gasteiger partial charge is 0.483 e. The highest BCUT2D eigenvalue weighted by molar-refractivity contribution is 7.90. The van der Waals surface area contributed by atoms with Crippen LogP contribution in [0.1, 0.15) is 35.3 Å². The molecule has 0 amide bonds. The van der Waals surface area contributed by atoms with Gasteiger partial charge in [0.25, 0.3) is 0 Å². The molecule has 2 aromatic heterocycles. The number of halogens is 3. The lowest BCUT2D eigenvalue weighted by Crippen LogP contribution is -2.50. The van der Waals surface area contributed by atoms with Crippen molar-refractivity contribution in [1.29, 1.82) is 10.7 Å². The second-order valence-electron chi connectivity index (χ2n) is 9.09. The van der Waals surface area contributed by atoms with E-state index in [4.69, 9.17) is 39.1 Å². The van der Waals surface area contributed by atoms with E-state index in [0.717, 1.165) is 6.07 Å². The predicted molar refractivity (Wildman–Crippen MR) is 144 cm³/mol. The van der Waals surface area contributed by atoms with E-state index in [-0.39, 0.29) is 55.6 Å². The molecule has 0 aliphatic carbocycles. The van der Waals surface area contributed by atoms with Crippen LogP contribution in [0, 0.1) is 28.5 Å². The number of benzene rings is 1. The first-order valence-corrected chi connectivity index (χ1v) is 14.2. The number of hydrogen-bond acceptors (Lipinski definition) is 9. The van der Waals surface area contributed by atoms with E-state index in [9.17, 15) is 18.1 Å². The minimum Gasteiger partial charge on any atom is -0.483 e. The number of nitrogens with zero attached hydrogens (tertiary/aromatic N) is 4. The zero-order chi connectivity index (χ0) is 27.8. The van der Waals surface area contributed by atoms with Crippen LogP contribution in [-0.4, -0.2) is 49.2 Å². The maximum absolute atomic E-state index is 14.8. The molecule has 3 aromatic rings.